The highest BCUT2D eigenvalue weighted by Crippen LogP contribution is 2.29. The quantitative estimate of drug-likeness (QED) is 0.586. The van der Waals surface area contributed by atoms with Crippen LogP contribution in [-0.2, 0) is 19.3 Å². The van der Waals surface area contributed by atoms with E-state index in [1.165, 1.54) is 49.9 Å². The molecule has 0 fully saturated rings. The van der Waals surface area contributed by atoms with Crippen LogP contribution in [-0.4, -0.2) is 0 Å². The molecule has 2 aliphatic carbocycles. The van der Waals surface area contributed by atoms with Crippen molar-refractivity contribution in [3.63, 3.8) is 0 Å². The van der Waals surface area contributed by atoms with Gasteiger partial charge in [-0.1, -0.05) is 29.7 Å². The standard InChI is InChI=1S/C12H14N/c1-3-7-11-9(5-1)10-6-2-4-8-12(10)13-11/h3,7H,1-2,4-6,8H2/q-1. The molecule has 1 nitrogen and oxygen atoms in total. The van der Waals surface area contributed by atoms with E-state index in [1.54, 1.807) is 11.1 Å². The second-order valence-electron chi connectivity index (χ2n) is 4.05. The SMILES string of the molecule is C1=Cc2[n-]c3c(c2CC1)CCCC3. The smallest absolute Gasteiger partial charge is 0.0254 e. The van der Waals surface area contributed by atoms with Gasteiger partial charge in [-0.15, -0.1) is 5.69 Å². The molecule has 3 rings (SSSR count). The van der Waals surface area contributed by atoms with Crippen LogP contribution < -0.4 is 4.98 Å². The van der Waals surface area contributed by atoms with Gasteiger partial charge in [-0.25, -0.2) is 0 Å². The van der Waals surface area contributed by atoms with Crippen LogP contribution in [0.1, 0.15) is 41.8 Å². The molecular formula is C12H14N-. The van der Waals surface area contributed by atoms with Gasteiger partial charge in [0.25, 0.3) is 0 Å². The van der Waals surface area contributed by atoms with Gasteiger partial charge in [-0.3, -0.25) is 0 Å². The Morgan fingerprint density at radius 3 is 2.92 bits per heavy atom. The van der Waals surface area contributed by atoms with E-state index in [2.05, 4.69) is 12.2 Å². The monoisotopic (exact) mass is 172 g/mol. The molecule has 0 spiro atoms. The Balaban J connectivity index is 2.15. The highest BCUT2D eigenvalue weighted by molar-refractivity contribution is 5.57. The van der Waals surface area contributed by atoms with E-state index in [0.29, 0.717) is 0 Å². The molecule has 1 heteroatoms. The van der Waals surface area contributed by atoms with E-state index in [-0.39, 0.29) is 0 Å². The molecule has 0 N–H and O–H groups in total. The molecular weight excluding hydrogens is 158 g/mol. The van der Waals surface area contributed by atoms with Crippen molar-refractivity contribution < 1.29 is 0 Å². The highest BCUT2D eigenvalue weighted by Gasteiger charge is 2.12. The average molecular weight is 172 g/mol. The first-order valence-electron chi connectivity index (χ1n) is 5.29. The Morgan fingerprint density at radius 1 is 1.00 bits per heavy atom. The van der Waals surface area contributed by atoms with Crippen LogP contribution in [0.3, 0.4) is 0 Å². The number of aromatic nitrogens is 1. The summed E-state index contributed by atoms with van der Waals surface area (Å²) in [6.45, 7) is 0. The van der Waals surface area contributed by atoms with E-state index in [9.17, 15) is 0 Å². The molecule has 0 saturated carbocycles. The fraction of sp³-hybridized carbons (Fsp3) is 0.500. The predicted octanol–water partition coefficient (Wildman–Crippen LogP) is 2.48. The highest BCUT2D eigenvalue weighted by atomic mass is 14.7. The molecule has 2 aliphatic rings. The molecule has 1 aromatic heterocycles. The van der Waals surface area contributed by atoms with Gasteiger partial charge in [0.15, 0.2) is 0 Å². The van der Waals surface area contributed by atoms with Crippen LogP contribution in [0.2, 0.25) is 0 Å². The lowest BCUT2D eigenvalue weighted by molar-refractivity contribution is 0.671. The molecule has 68 valence electrons. The first kappa shape index (κ1) is 7.43. The molecule has 0 amide bonds. The Hall–Kier alpha value is -0.980. The van der Waals surface area contributed by atoms with Gasteiger partial charge in [0.2, 0.25) is 0 Å². The third-order valence-electron chi connectivity index (χ3n) is 3.20. The molecule has 13 heavy (non-hydrogen) atoms. The number of hydrogen-bond donors (Lipinski definition) is 0. The van der Waals surface area contributed by atoms with Crippen molar-refractivity contribution in [3.05, 3.63) is 28.6 Å². The van der Waals surface area contributed by atoms with Gasteiger partial charge < -0.3 is 4.98 Å². The average Bonchev–Trinajstić information content (AvgIpc) is 2.56. The molecule has 0 bridgehead atoms. The van der Waals surface area contributed by atoms with E-state index in [4.69, 9.17) is 4.98 Å². The van der Waals surface area contributed by atoms with Gasteiger partial charge in [0.05, 0.1) is 0 Å². The van der Waals surface area contributed by atoms with Crippen molar-refractivity contribution in [2.75, 3.05) is 0 Å². The minimum absolute atomic E-state index is 1.21. The van der Waals surface area contributed by atoms with Crippen molar-refractivity contribution in [2.24, 2.45) is 0 Å². The number of allylic oxidation sites excluding steroid dienone is 1. The van der Waals surface area contributed by atoms with Crippen LogP contribution in [0.15, 0.2) is 6.08 Å². The number of nitrogens with zero attached hydrogens (tertiary/aromatic N) is 1. The molecule has 0 radical (unpaired) electrons. The Bertz CT molecular complexity index is 357. The Morgan fingerprint density at radius 2 is 1.92 bits per heavy atom. The van der Waals surface area contributed by atoms with Crippen LogP contribution in [0.25, 0.3) is 6.08 Å². The van der Waals surface area contributed by atoms with E-state index in [1.807, 2.05) is 0 Å². The Labute approximate surface area is 78.9 Å². The molecule has 0 unspecified atom stereocenters. The topological polar surface area (TPSA) is 14.1 Å². The predicted molar refractivity (Wildman–Crippen MR) is 53.8 cm³/mol. The third-order valence-corrected chi connectivity index (χ3v) is 3.20. The van der Waals surface area contributed by atoms with Crippen molar-refractivity contribution in [1.82, 2.24) is 4.98 Å². The number of rotatable bonds is 0. The maximum Gasteiger partial charge on any atom is -0.0254 e. The lowest BCUT2D eigenvalue weighted by Gasteiger charge is -2.18. The fourth-order valence-corrected chi connectivity index (χ4v) is 2.54. The first-order chi connectivity index (χ1) is 6.45. The van der Waals surface area contributed by atoms with Gasteiger partial charge in [0, 0.05) is 0 Å². The zero-order valence-electron chi connectivity index (χ0n) is 7.84. The summed E-state index contributed by atoms with van der Waals surface area (Å²) in [6.07, 6.45) is 12.1. The van der Waals surface area contributed by atoms with E-state index < -0.39 is 0 Å². The summed E-state index contributed by atoms with van der Waals surface area (Å²) in [6, 6.07) is 0. The lowest BCUT2D eigenvalue weighted by atomic mass is 9.91. The van der Waals surface area contributed by atoms with Crippen molar-refractivity contribution in [2.45, 2.75) is 38.5 Å². The van der Waals surface area contributed by atoms with E-state index in [0.717, 1.165) is 0 Å². The number of fused-ring (bicyclic) bond motifs is 3. The normalized spacial score (nSPS) is 19.7. The van der Waals surface area contributed by atoms with Gasteiger partial charge in [-0.05, 0) is 32.1 Å². The summed E-state index contributed by atoms with van der Waals surface area (Å²) in [5.74, 6) is 0. The molecule has 0 saturated heterocycles. The zero-order valence-corrected chi connectivity index (χ0v) is 7.84. The van der Waals surface area contributed by atoms with Crippen LogP contribution in [0.5, 0.6) is 0 Å². The second-order valence-corrected chi connectivity index (χ2v) is 4.05. The van der Waals surface area contributed by atoms with Gasteiger partial charge in [-0.2, -0.15) is 5.69 Å². The Kier molecular flexibility index (Phi) is 1.58. The summed E-state index contributed by atoms with van der Waals surface area (Å²) in [5.41, 5.74) is 5.85. The molecule has 0 atom stereocenters. The van der Waals surface area contributed by atoms with Crippen molar-refractivity contribution >= 4 is 6.08 Å². The maximum atomic E-state index is 4.70. The fourth-order valence-electron chi connectivity index (χ4n) is 2.54. The first-order valence-corrected chi connectivity index (χ1v) is 5.29. The maximum absolute atomic E-state index is 4.70. The lowest BCUT2D eigenvalue weighted by Crippen LogP contribution is -2.03. The molecule has 0 aromatic carbocycles. The zero-order chi connectivity index (χ0) is 8.67. The van der Waals surface area contributed by atoms with Crippen molar-refractivity contribution in [1.29, 1.82) is 0 Å². The van der Waals surface area contributed by atoms with E-state index >= 15 is 0 Å². The number of hydrogen-bond acceptors (Lipinski definition) is 0. The molecule has 0 aliphatic heterocycles. The van der Waals surface area contributed by atoms with Gasteiger partial charge in [0.1, 0.15) is 0 Å². The summed E-state index contributed by atoms with van der Waals surface area (Å²) in [4.78, 5) is 4.70. The minimum Gasteiger partial charge on any atom is -0.661 e. The van der Waals surface area contributed by atoms with Crippen LogP contribution >= 0.6 is 0 Å². The van der Waals surface area contributed by atoms with Crippen LogP contribution in [0.4, 0.5) is 0 Å². The number of aryl methyl sites for hydroxylation is 1. The summed E-state index contributed by atoms with van der Waals surface area (Å²) in [5, 5.41) is 0. The van der Waals surface area contributed by atoms with Crippen LogP contribution in [0, 0.1) is 0 Å². The largest absolute Gasteiger partial charge is 0.661 e. The molecule has 1 aromatic rings. The summed E-state index contributed by atoms with van der Waals surface area (Å²) >= 11 is 0. The van der Waals surface area contributed by atoms with Gasteiger partial charge >= 0.3 is 0 Å². The molecule has 1 heterocycles. The minimum atomic E-state index is 1.21. The summed E-state index contributed by atoms with van der Waals surface area (Å²) < 4.78 is 0. The summed E-state index contributed by atoms with van der Waals surface area (Å²) in [7, 11) is 0. The third kappa shape index (κ3) is 1.06. The second kappa shape index (κ2) is 2.76. The van der Waals surface area contributed by atoms with Crippen molar-refractivity contribution in [3.8, 4) is 0 Å².